The van der Waals surface area contributed by atoms with Crippen LogP contribution in [0.3, 0.4) is 0 Å². The molecule has 5 heteroatoms. The summed E-state index contributed by atoms with van der Waals surface area (Å²) in [6, 6.07) is -0.513. The first kappa shape index (κ1) is 12.8. The Hall–Kier alpha value is -1.26. The predicted octanol–water partition coefficient (Wildman–Crippen LogP) is 1.09. The summed E-state index contributed by atoms with van der Waals surface area (Å²) in [6.07, 6.45) is 2.63. The van der Waals surface area contributed by atoms with Crippen LogP contribution in [0.25, 0.3) is 0 Å². The van der Waals surface area contributed by atoms with Crippen LogP contribution in [0.4, 0.5) is 4.79 Å². The maximum Gasteiger partial charge on any atom is 0.328 e. The molecule has 0 spiro atoms. The van der Waals surface area contributed by atoms with Gasteiger partial charge >= 0.3 is 12.0 Å². The molecule has 0 N–H and O–H groups in total. The van der Waals surface area contributed by atoms with Crippen molar-refractivity contribution < 1.29 is 14.3 Å². The second-order valence-electron chi connectivity index (χ2n) is 4.13. The number of hydrogen-bond acceptors (Lipinski definition) is 3. The number of esters is 1. The van der Waals surface area contributed by atoms with Gasteiger partial charge < -0.3 is 14.5 Å². The Kier molecular flexibility index (Phi) is 4.58. The van der Waals surface area contributed by atoms with Crippen molar-refractivity contribution in [2.24, 2.45) is 0 Å². The van der Waals surface area contributed by atoms with Crippen molar-refractivity contribution in [3.8, 4) is 0 Å². The van der Waals surface area contributed by atoms with Gasteiger partial charge in [-0.05, 0) is 26.2 Å². The molecule has 1 fully saturated rings. The molecule has 0 saturated carbocycles. The normalized spacial score (nSPS) is 20.4. The SMILES string of the molecule is CCOC(=O)C1CCCCN1C(=O)N(C)C. The van der Waals surface area contributed by atoms with E-state index in [0.29, 0.717) is 19.6 Å². The summed E-state index contributed by atoms with van der Waals surface area (Å²) in [5.74, 6) is -0.280. The van der Waals surface area contributed by atoms with Crippen LogP contribution in [0.5, 0.6) is 0 Å². The van der Waals surface area contributed by atoms with Crippen molar-refractivity contribution in [3.63, 3.8) is 0 Å². The summed E-state index contributed by atoms with van der Waals surface area (Å²) < 4.78 is 4.99. The minimum atomic E-state index is -0.399. The predicted molar refractivity (Wildman–Crippen MR) is 60.1 cm³/mol. The Morgan fingerprint density at radius 3 is 2.62 bits per heavy atom. The van der Waals surface area contributed by atoms with Crippen LogP contribution in [-0.2, 0) is 9.53 Å². The van der Waals surface area contributed by atoms with Gasteiger partial charge in [0.2, 0.25) is 0 Å². The molecular formula is C11H20N2O3. The molecule has 1 unspecified atom stereocenters. The second-order valence-corrected chi connectivity index (χ2v) is 4.13. The third kappa shape index (κ3) is 2.87. The Morgan fingerprint density at radius 2 is 2.06 bits per heavy atom. The van der Waals surface area contributed by atoms with Crippen LogP contribution in [0, 0.1) is 0 Å². The van der Waals surface area contributed by atoms with E-state index in [1.165, 1.54) is 4.90 Å². The molecule has 0 aromatic rings. The first-order valence-electron chi connectivity index (χ1n) is 5.72. The van der Waals surface area contributed by atoms with Crippen LogP contribution in [0.15, 0.2) is 0 Å². The molecule has 0 aromatic heterocycles. The second kappa shape index (κ2) is 5.72. The highest BCUT2D eigenvalue weighted by atomic mass is 16.5. The molecular weight excluding hydrogens is 208 g/mol. The van der Waals surface area contributed by atoms with Crippen LogP contribution in [0.1, 0.15) is 26.2 Å². The Labute approximate surface area is 96.3 Å². The topological polar surface area (TPSA) is 49.9 Å². The number of carbonyl (C=O) groups is 2. The van der Waals surface area contributed by atoms with Crippen molar-refractivity contribution >= 4 is 12.0 Å². The molecule has 1 atom stereocenters. The van der Waals surface area contributed by atoms with Gasteiger partial charge in [0.25, 0.3) is 0 Å². The monoisotopic (exact) mass is 228 g/mol. The van der Waals surface area contributed by atoms with Gasteiger partial charge in [-0.2, -0.15) is 0 Å². The molecule has 2 amide bonds. The minimum absolute atomic E-state index is 0.113. The first-order chi connectivity index (χ1) is 7.57. The number of piperidine rings is 1. The van der Waals surface area contributed by atoms with E-state index in [-0.39, 0.29) is 12.0 Å². The fraction of sp³-hybridized carbons (Fsp3) is 0.818. The van der Waals surface area contributed by atoms with Crippen molar-refractivity contribution in [1.82, 2.24) is 9.80 Å². The number of carbonyl (C=O) groups excluding carboxylic acids is 2. The van der Waals surface area contributed by atoms with E-state index in [0.717, 1.165) is 12.8 Å². The number of nitrogens with zero attached hydrogens (tertiary/aromatic N) is 2. The summed E-state index contributed by atoms with van der Waals surface area (Å²) in [4.78, 5) is 26.7. The van der Waals surface area contributed by atoms with Gasteiger partial charge in [-0.25, -0.2) is 9.59 Å². The average molecular weight is 228 g/mol. The maximum atomic E-state index is 11.9. The summed E-state index contributed by atoms with van der Waals surface area (Å²) in [7, 11) is 3.39. The molecule has 92 valence electrons. The number of rotatable bonds is 2. The molecule has 0 radical (unpaired) electrons. The molecule has 16 heavy (non-hydrogen) atoms. The van der Waals surface area contributed by atoms with Crippen LogP contribution >= 0.6 is 0 Å². The molecule has 5 nitrogen and oxygen atoms in total. The molecule has 0 aliphatic carbocycles. The van der Waals surface area contributed by atoms with E-state index >= 15 is 0 Å². The summed E-state index contributed by atoms with van der Waals surface area (Å²) >= 11 is 0. The van der Waals surface area contributed by atoms with Gasteiger partial charge in [-0.1, -0.05) is 0 Å². The van der Waals surface area contributed by atoms with Gasteiger partial charge in [0, 0.05) is 20.6 Å². The molecule has 0 aromatic carbocycles. The maximum absolute atomic E-state index is 11.9. The largest absolute Gasteiger partial charge is 0.464 e. The number of ether oxygens (including phenoxy) is 1. The number of hydrogen-bond donors (Lipinski definition) is 0. The molecule has 1 saturated heterocycles. The number of urea groups is 1. The van der Waals surface area contributed by atoms with Crippen molar-refractivity contribution in [2.75, 3.05) is 27.2 Å². The van der Waals surface area contributed by atoms with Gasteiger partial charge in [-0.3, -0.25) is 0 Å². The highest BCUT2D eigenvalue weighted by molar-refractivity contribution is 5.83. The molecule has 1 aliphatic rings. The van der Waals surface area contributed by atoms with E-state index < -0.39 is 6.04 Å². The highest BCUT2D eigenvalue weighted by Crippen LogP contribution is 2.19. The lowest BCUT2D eigenvalue weighted by molar-refractivity contribution is -0.149. The fourth-order valence-corrected chi connectivity index (χ4v) is 1.90. The van der Waals surface area contributed by atoms with Gasteiger partial charge in [-0.15, -0.1) is 0 Å². The first-order valence-corrected chi connectivity index (χ1v) is 5.72. The zero-order valence-electron chi connectivity index (χ0n) is 10.2. The summed E-state index contributed by atoms with van der Waals surface area (Å²) in [6.45, 7) is 2.78. The van der Waals surface area contributed by atoms with E-state index in [1.807, 2.05) is 0 Å². The summed E-state index contributed by atoms with van der Waals surface area (Å²) in [5, 5.41) is 0. The van der Waals surface area contributed by atoms with Gasteiger partial charge in [0.05, 0.1) is 6.61 Å². The standard InChI is InChI=1S/C11H20N2O3/c1-4-16-10(14)9-7-5-6-8-13(9)11(15)12(2)3/h9H,4-8H2,1-3H3. The van der Waals surface area contributed by atoms with Crippen LogP contribution < -0.4 is 0 Å². The molecule has 1 heterocycles. The lowest BCUT2D eigenvalue weighted by Crippen LogP contribution is -2.52. The van der Waals surface area contributed by atoms with Crippen LogP contribution in [0.2, 0.25) is 0 Å². The Morgan fingerprint density at radius 1 is 1.38 bits per heavy atom. The van der Waals surface area contributed by atoms with Crippen molar-refractivity contribution in [3.05, 3.63) is 0 Å². The zero-order valence-corrected chi connectivity index (χ0v) is 10.2. The summed E-state index contributed by atoms with van der Waals surface area (Å²) in [5.41, 5.74) is 0. The lowest BCUT2D eigenvalue weighted by Gasteiger charge is -2.35. The van der Waals surface area contributed by atoms with E-state index in [9.17, 15) is 9.59 Å². The van der Waals surface area contributed by atoms with Gasteiger partial charge in [0.1, 0.15) is 6.04 Å². The van der Waals surface area contributed by atoms with Gasteiger partial charge in [0.15, 0.2) is 0 Å². The Bertz CT molecular complexity index is 266. The minimum Gasteiger partial charge on any atom is -0.464 e. The molecule has 1 aliphatic heterocycles. The molecule has 0 bridgehead atoms. The highest BCUT2D eigenvalue weighted by Gasteiger charge is 2.33. The fourth-order valence-electron chi connectivity index (χ4n) is 1.90. The van der Waals surface area contributed by atoms with E-state index in [4.69, 9.17) is 4.74 Å². The quantitative estimate of drug-likeness (QED) is 0.665. The van der Waals surface area contributed by atoms with Crippen LogP contribution in [-0.4, -0.2) is 55.1 Å². The Balaban J connectivity index is 2.71. The zero-order chi connectivity index (χ0) is 12.1. The smallest absolute Gasteiger partial charge is 0.328 e. The van der Waals surface area contributed by atoms with Crippen molar-refractivity contribution in [2.45, 2.75) is 32.2 Å². The third-order valence-electron chi connectivity index (χ3n) is 2.69. The third-order valence-corrected chi connectivity index (χ3v) is 2.69. The van der Waals surface area contributed by atoms with E-state index in [1.54, 1.807) is 25.9 Å². The number of likely N-dealkylation sites (tertiary alicyclic amines) is 1. The molecule has 1 rings (SSSR count). The van der Waals surface area contributed by atoms with E-state index in [2.05, 4.69) is 0 Å². The lowest BCUT2D eigenvalue weighted by atomic mass is 10.0. The number of amides is 2. The average Bonchev–Trinajstić information content (AvgIpc) is 2.28. The van der Waals surface area contributed by atoms with Crippen molar-refractivity contribution in [1.29, 1.82) is 0 Å².